The molecule has 10 nitrogen and oxygen atoms in total. The number of nitrogens with zero attached hydrogens (tertiary/aromatic N) is 7. The molecule has 1 amide bonds. The summed E-state index contributed by atoms with van der Waals surface area (Å²) >= 11 is 0. The third kappa shape index (κ3) is 5.04. The number of halogens is 4. The molecule has 2 aliphatic rings. The van der Waals surface area contributed by atoms with Crippen LogP contribution >= 0.6 is 0 Å². The Kier molecular flexibility index (Phi) is 7.12. The first-order valence-corrected chi connectivity index (χ1v) is 11.5. The van der Waals surface area contributed by atoms with Gasteiger partial charge in [-0.1, -0.05) is 6.58 Å². The van der Waals surface area contributed by atoms with Gasteiger partial charge in [-0.15, -0.1) is 0 Å². The van der Waals surface area contributed by atoms with Gasteiger partial charge in [-0.25, -0.2) is 9.37 Å². The molecule has 0 aromatic carbocycles. The van der Waals surface area contributed by atoms with Gasteiger partial charge >= 0.3 is 12.2 Å². The number of rotatable bonds is 5. The number of anilines is 3. The number of amides is 1. The molecule has 0 atom stereocenters. The van der Waals surface area contributed by atoms with Crippen LogP contribution in [0.15, 0.2) is 30.4 Å². The number of fused-ring (bicyclic) bond motifs is 1. The van der Waals surface area contributed by atoms with Crippen molar-refractivity contribution >= 4 is 23.4 Å². The van der Waals surface area contributed by atoms with Crippen molar-refractivity contribution in [3.63, 3.8) is 0 Å². The SMILES string of the molecule is C=C(F)C(=O)N1CCN(c2nc(OC)nc3c2CCN(c2nc(N)cc(C)c2C(F)(F)F)C3)C=C1CC#N. The predicted molar refractivity (Wildman–Crippen MR) is 129 cm³/mol. The van der Waals surface area contributed by atoms with E-state index in [0.29, 0.717) is 17.1 Å². The van der Waals surface area contributed by atoms with E-state index in [0.717, 1.165) is 4.90 Å². The Hall–Kier alpha value is -4.41. The fourth-order valence-corrected chi connectivity index (χ4v) is 4.59. The topological polar surface area (TPSA) is 124 Å². The van der Waals surface area contributed by atoms with Gasteiger partial charge in [0.05, 0.1) is 37.5 Å². The molecular weight excluding hydrogens is 508 g/mol. The van der Waals surface area contributed by atoms with E-state index >= 15 is 0 Å². The number of aryl methyl sites for hydroxylation is 1. The summed E-state index contributed by atoms with van der Waals surface area (Å²) in [5.74, 6) is -1.98. The molecule has 38 heavy (non-hydrogen) atoms. The smallest absolute Gasteiger partial charge is 0.420 e. The number of allylic oxidation sites excluding steroid dienone is 1. The Morgan fingerprint density at radius 2 is 1.97 bits per heavy atom. The van der Waals surface area contributed by atoms with Crippen LogP contribution in [0.25, 0.3) is 0 Å². The second-order valence-electron chi connectivity index (χ2n) is 8.70. The molecule has 0 bridgehead atoms. The summed E-state index contributed by atoms with van der Waals surface area (Å²) in [6.45, 7) is 4.79. The molecule has 4 rings (SSSR count). The minimum absolute atomic E-state index is 0.0146. The number of methoxy groups -OCH3 is 1. The Balaban J connectivity index is 1.75. The number of carbonyl (C=O) groups excluding carboxylic acids is 1. The van der Waals surface area contributed by atoms with E-state index < -0.39 is 23.5 Å². The van der Waals surface area contributed by atoms with Crippen molar-refractivity contribution < 1.29 is 27.1 Å². The molecule has 2 aromatic rings. The molecule has 0 saturated carbocycles. The zero-order valence-electron chi connectivity index (χ0n) is 20.6. The lowest BCUT2D eigenvalue weighted by Gasteiger charge is -2.36. The van der Waals surface area contributed by atoms with E-state index in [9.17, 15) is 27.6 Å². The summed E-state index contributed by atoms with van der Waals surface area (Å²) in [7, 11) is 1.36. The largest absolute Gasteiger partial charge is 0.467 e. The minimum Gasteiger partial charge on any atom is -0.467 e. The summed E-state index contributed by atoms with van der Waals surface area (Å²) < 4.78 is 60.5. The van der Waals surface area contributed by atoms with Crippen LogP contribution in [0.5, 0.6) is 6.01 Å². The van der Waals surface area contributed by atoms with Crippen molar-refractivity contribution in [3.05, 3.63) is 52.8 Å². The number of nitriles is 1. The Morgan fingerprint density at radius 3 is 2.61 bits per heavy atom. The quantitative estimate of drug-likeness (QED) is 0.456. The molecule has 14 heteroatoms. The number of alkyl halides is 3. The van der Waals surface area contributed by atoms with Crippen molar-refractivity contribution in [1.82, 2.24) is 19.9 Å². The van der Waals surface area contributed by atoms with Crippen LogP contribution in [-0.4, -0.2) is 52.5 Å². The van der Waals surface area contributed by atoms with Crippen molar-refractivity contribution in [1.29, 1.82) is 5.26 Å². The molecular formula is C24H24F4N8O2. The van der Waals surface area contributed by atoms with Gasteiger partial charge in [-0.2, -0.15) is 28.4 Å². The lowest BCUT2D eigenvalue weighted by atomic mass is 10.0. The van der Waals surface area contributed by atoms with E-state index in [1.807, 2.05) is 6.07 Å². The number of aromatic nitrogens is 3. The summed E-state index contributed by atoms with van der Waals surface area (Å²) in [6.07, 6.45) is -3.02. The monoisotopic (exact) mass is 532 g/mol. The fraction of sp³-hybridized carbons (Fsp3) is 0.375. The average molecular weight is 533 g/mol. The van der Waals surface area contributed by atoms with E-state index in [-0.39, 0.29) is 67.9 Å². The first-order valence-electron chi connectivity index (χ1n) is 11.5. The number of nitrogen functional groups attached to an aromatic ring is 1. The Bertz CT molecular complexity index is 1370. The van der Waals surface area contributed by atoms with E-state index in [1.165, 1.54) is 31.2 Å². The second kappa shape index (κ2) is 10.2. The molecule has 0 spiro atoms. The fourth-order valence-electron chi connectivity index (χ4n) is 4.59. The zero-order valence-corrected chi connectivity index (χ0v) is 20.6. The first-order chi connectivity index (χ1) is 17.9. The number of nitrogens with two attached hydrogens (primary N) is 1. The zero-order chi connectivity index (χ0) is 27.8. The van der Waals surface area contributed by atoms with Gasteiger partial charge in [0.1, 0.15) is 23.0 Å². The molecule has 2 aromatic heterocycles. The highest BCUT2D eigenvalue weighted by Crippen LogP contribution is 2.40. The van der Waals surface area contributed by atoms with E-state index in [4.69, 9.17) is 10.5 Å². The molecule has 0 saturated heterocycles. The van der Waals surface area contributed by atoms with Crippen LogP contribution in [0, 0.1) is 18.3 Å². The number of carbonyl (C=O) groups is 1. The number of hydrogen-bond acceptors (Lipinski definition) is 9. The Morgan fingerprint density at radius 1 is 1.24 bits per heavy atom. The van der Waals surface area contributed by atoms with Crippen LogP contribution in [-0.2, 0) is 23.9 Å². The number of ether oxygens (including phenoxy) is 1. The Labute approximate surface area is 215 Å². The van der Waals surface area contributed by atoms with Crippen molar-refractivity contribution in [2.45, 2.75) is 32.5 Å². The van der Waals surface area contributed by atoms with Crippen molar-refractivity contribution in [2.75, 3.05) is 42.3 Å². The van der Waals surface area contributed by atoms with E-state index in [2.05, 4.69) is 21.5 Å². The normalized spacial score (nSPS) is 15.5. The summed E-state index contributed by atoms with van der Waals surface area (Å²) in [5.41, 5.74) is 6.23. The highest BCUT2D eigenvalue weighted by Gasteiger charge is 2.39. The maximum atomic E-state index is 13.9. The summed E-state index contributed by atoms with van der Waals surface area (Å²) in [4.78, 5) is 29.3. The van der Waals surface area contributed by atoms with Gasteiger partial charge in [0.2, 0.25) is 0 Å². The van der Waals surface area contributed by atoms with Crippen LogP contribution in [0.1, 0.15) is 28.8 Å². The molecule has 2 N–H and O–H groups in total. The van der Waals surface area contributed by atoms with Crippen LogP contribution in [0.4, 0.5) is 35.0 Å². The van der Waals surface area contributed by atoms with Gasteiger partial charge in [0.25, 0.3) is 5.91 Å². The molecule has 0 unspecified atom stereocenters. The molecule has 200 valence electrons. The van der Waals surface area contributed by atoms with Crippen molar-refractivity contribution in [2.24, 2.45) is 0 Å². The van der Waals surface area contributed by atoms with Gasteiger partial charge < -0.3 is 25.2 Å². The second-order valence-corrected chi connectivity index (χ2v) is 8.70. The molecule has 0 fully saturated rings. The van der Waals surface area contributed by atoms with Crippen LogP contribution < -0.4 is 20.3 Å². The molecule has 0 radical (unpaired) electrons. The highest BCUT2D eigenvalue weighted by atomic mass is 19.4. The van der Waals surface area contributed by atoms with Gasteiger partial charge in [0, 0.05) is 31.4 Å². The van der Waals surface area contributed by atoms with Gasteiger partial charge in [-0.3, -0.25) is 4.79 Å². The van der Waals surface area contributed by atoms with Gasteiger partial charge in [-0.05, 0) is 25.0 Å². The number of hydrogen-bond donors (Lipinski definition) is 1. The maximum Gasteiger partial charge on any atom is 0.420 e. The lowest BCUT2D eigenvalue weighted by Crippen LogP contribution is -2.43. The van der Waals surface area contributed by atoms with Crippen molar-refractivity contribution in [3.8, 4) is 12.1 Å². The minimum atomic E-state index is -4.64. The number of pyridine rings is 1. The lowest BCUT2D eigenvalue weighted by molar-refractivity contribution is -0.137. The third-order valence-corrected chi connectivity index (χ3v) is 6.23. The predicted octanol–water partition coefficient (Wildman–Crippen LogP) is 3.24. The molecule has 0 aliphatic carbocycles. The maximum absolute atomic E-state index is 13.9. The summed E-state index contributed by atoms with van der Waals surface area (Å²) in [6, 6.07) is 3.12. The molecule has 2 aliphatic heterocycles. The summed E-state index contributed by atoms with van der Waals surface area (Å²) in [5, 5.41) is 9.23. The standard InChI is InChI=1S/C24H24F4N8O2/c1-13-10-18(30)32-21(19(13)24(26,27)28)34-7-5-16-17(12-34)31-23(38-3)33-20(16)35-8-9-36(22(37)14(2)25)15(11-35)4-6-29/h10-11H,2,4-5,7-9,12H2,1,3H3,(H2,30,32). The average Bonchev–Trinajstić information content (AvgIpc) is 2.86. The van der Waals surface area contributed by atoms with E-state index in [1.54, 1.807) is 4.90 Å². The van der Waals surface area contributed by atoms with Gasteiger partial charge in [0.15, 0.2) is 5.83 Å². The third-order valence-electron chi connectivity index (χ3n) is 6.23. The molecule has 4 heterocycles. The van der Waals surface area contributed by atoms with Crippen LogP contribution in [0.3, 0.4) is 0 Å². The highest BCUT2D eigenvalue weighted by molar-refractivity contribution is 5.92. The first kappa shape index (κ1) is 26.6. The van der Waals surface area contributed by atoms with Crippen LogP contribution in [0.2, 0.25) is 0 Å².